The summed E-state index contributed by atoms with van der Waals surface area (Å²) in [5.74, 6) is 2.70. The van der Waals surface area contributed by atoms with E-state index in [9.17, 15) is 4.79 Å². The van der Waals surface area contributed by atoms with Crippen LogP contribution in [0.3, 0.4) is 0 Å². The highest BCUT2D eigenvalue weighted by Gasteiger charge is 2.29. The molecule has 2 fully saturated rings. The van der Waals surface area contributed by atoms with Gasteiger partial charge in [-0.3, -0.25) is 4.79 Å². The molecule has 0 radical (unpaired) electrons. The lowest BCUT2D eigenvalue weighted by molar-refractivity contribution is -0.132. The predicted octanol–water partition coefficient (Wildman–Crippen LogP) is 2.66. The van der Waals surface area contributed by atoms with Gasteiger partial charge >= 0.3 is 0 Å². The molecule has 1 aromatic heterocycles. The van der Waals surface area contributed by atoms with E-state index in [0.29, 0.717) is 24.3 Å². The Kier molecular flexibility index (Phi) is 4.79. The Morgan fingerprint density at radius 3 is 2.91 bits per heavy atom. The van der Waals surface area contributed by atoms with Crippen molar-refractivity contribution in [3.63, 3.8) is 0 Å². The number of aryl methyl sites for hydroxylation is 1. The molecular weight excluding hydrogens is 276 g/mol. The van der Waals surface area contributed by atoms with Crippen molar-refractivity contribution in [1.29, 1.82) is 0 Å². The maximum atomic E-state index is 12.3. The Bertz CT molecular complexity index is 507. The Hall–Kier alpha value is -1.39. The van der Waals surface area contributed by atoms with Gasteiger partial charge in [0.25, 0.3) is 0 Å². The zero-order valence-corrected chi connectivity index (χ0v) is 13.9. The van der Waals surface area contributed by atoms with Crippen molar-refractivity contribution >= 4 is 5.91 Å². The number of carbonyl (C=O) groups is 1. The van der Waals surface area contributed by atoms with E-state index in [1.165, 1.54) is 12.8 Å². The molecule has 0 bridgehead atoms. The second-order valence-corrected chi connectivity index (χ2v) is 7.36. The summed E-state index contributed by atoms with van der Waals surface area (Å²) in [6.45, 7) is 6.24. The number of likely N-dealkylation sites (tertiary alicyclic amines) is 1. The molecule has 3 rings (SSSR count). The van der Waals surface area contributed by atoms with Gasteiger partial charge in [-0.05, 0) is 43.9 Å². The van der Waals surface area contributed by atoms with E-state index in [2.05, 4.69) is 33.5 Å². The number of hydrogen-bond donors (Lipinski definition) is 0. The van der Waals surface area contributed by atoms with Crippen LogP contribution < -0.4 is 0 Å². The van der Waals surface area contributed by atoms with Crippen LogP contribution in [-0.4, -0.2) is 38.2 Å². The highest BCUT2D eigenvalue weighted by atomic mass is 16.2. The third-order valence-corrected chi connectivity index (χ3v) is 4.83. The molecule has 1 aliphatic heterocycles. The molecule has 2 aliphatic rings. The van der Waals surface area contributed by atoms with E-state index in [1.54, 1.807) is 0 Å². The van der Waals surface area contributed by atoms with Crippen molar-refractivity contribution in [2.45, 2.75) is 71.4 Å². The van der Waals surface area contributed by atoms with Crippen molar-refractivity contribution < 1.29 is 4.79 Å². The highest BCUT2D eigenvalue weighted by molar-refractivity contribution is 5.77. The molecule has 22 heavy (non-hydrogen) atoms. The van der Waals surface area contributed by atoms with E-state index in [0.717, 1.165) is 50.5 Å². The number of carbonyl (C=O) groups excluding carboxylic acids is 1. The lowest BCUT2D eigenvalue weighted by Gasteiger charge is -2.25. The van der Waals surface area contributed by atoms with Crippen LogP contribution in [0, 0.1) is 11.8 Å². The van der Waals surface area contributed by atoms with Crippen LogP contribution in [0.15, 0.2) is 6.33 Å². The molecule has 1 atom stereocenters. The third-order valence-electron chi connectivity index (χ3n) is 4.83. The fourth-order valence-corrected chi connectivity index (χ4v) is 3.43. The molecule has 0 N–H and O–H groups in total. The summed E-state index contributed by atoms with van der Waals surface area (Å²) in [6, 6.07) is 0.400. The van der Waals surface area contributed by atoms with Gasteiger partial charge in [-0.2, -0.15) is 0 Å². The van der Waals surface area contributed by atoms with Crippen molar-refractivity contribution in [2.75, 3.05) is 6.54 Å². The molecule has 0 aromatic carbocycles. The number of rotatable bonds is 7. The van der Waals surface area contributed by atoms with Gasteiger partial charge in [0.15, 0.2) is 0 Å². The monoisotopic (exact) mass is 304 g/mol. The average molecular weight is 304 g/mol. The van der Waals surface area contributed by atoms with Gasteiger partial charge in [-0.1, -0.05) is 13.8 Å². The van der Waals surface area contributed by atoms with Gasteiger partial charge in [0.2, 0.25) is 5.91 Å². The van der Waals surface area contributed by atoms with Crippen LogP contribution in [0.1, 0.15) is 58.2 Å². The summed E-state index contributed by atoms with van der Waals surface area (Å²) in [4.78, 5) is 14.5. The molecule has 1 saturated carbocycles. The second kappa shape index (κ2) is 6.80. The van der Waals surface area contributed by atoms with E-state index >= 15 is 0 Å². The maximum Gasteiger partial charge on any atom is 0.223 e. The van der Waals surface area contributed by atoms with Crippen LogP contribution in [0.4, 0.5) is 0 Å². The number of amides is 1. The van der Waals surface area contributed by atoms with Gasteiger partial charge in [0.1, 0.15) is 12.2 Å². The Morgan fingerprint density at radius 2 is 2.18 bits per heavy atom. The summed E-state index contributed by atoms with van der Waals surface area (Å²) in [7, 11) is 0. The summed E-state index contributed by atoms with van der Waals surface area (Å²) in [6.07, 6.45) is 9.47. The first-order valence-corrected chi connectivity index (χ1v) is 8.79. The standard InChI is InChI=1S/C17H28N4O/c1-13(2)10-17(22)21-9-3-4-15(21)7-8-16-19-18-12-20(16)11-14-5-6-14/h12-15H,3-11H2,1-2H3. The molecule has 1 aliphatic carbocycles. The molecule has 5 heteroatoms. The van der Waals surface area contributed by atoms with E-state index in [4.69, 9.17) is 0 Å². The van der Waals surface area contributed by atoms with Crippen LogP contribution in [-0.2, 0) is 17.8 Å². The van der Waals surface area contributed by atoms with Crippen molar-refractivity contribution in [1.82, 2.24) is 19.7 Å². The van der Waals surface area contributed by atoms with Gasteiger partial charge in [0.05, 0.1) is 0 Å². The lowest BCUT2D eigenvalue weighted by Crippen LogP contribution is -2.36. The van der Waals surface area contributed by atoms with Crippen molar-refractivity contribution in [2.24, 2.45) is 11.8 Å². The molecule has 1 amide bonds. The average Bonchev–Trinajstić information content (AvgIpc) is 2.98. The second-order valence-electron chi connectivity index (χ2n) is 7.36. The summed E-state index contributed by atoms with van der Waals surface area (Å²) in [5.41, 5.74) is 0. The van der Waals surface area contributed by atoms with Crippen LogP contribution >= 0.6 is 0 Å². The SMILES string of the molecule is CC(C)CC(=O)N1CCCC1CCc1nncn1CC1CC1. The Balaban J connectivity index is 1.53. The van der Waals surface area contributed by atoms with Crippen molar-refractivity contribution in [3.8, 4) is 0 Å². The smallest absolute Gasteiger partial charge is 0.223 e. The Morgan fingerprint density at radius 1 is 1.36 bits per heavy atom. The molecule has 122 valence electrons. The van der Waals surface area contributed by atoms with Crippen molar-refractivity contribution in [3.05, 3.63) is 12.2 Å². The number of nitrogens with zero attached hydrogens (tertiary/aromatic N) is 4. The number of hydrogen-bond acceptors (Lipinski definition) is 3. The van der Waals surface area contributed by atoms with Gasteiger partial charge in [-0.15, -0.1) is 10.2 Å². The fraction of sp³-hybridized carbons (Fsp3) is 0.824. The summed E-state index contributed by atoms with van der Waals surface area (Å²) < 4.78 is 2.22. The molecule has 1 aromatic rings. The predicted molar refractivity (Wildman–Crippen MR) is 85.3 cm³/mol. The molecule has 0 spiro atoms. The lowest BCUT2D eigenvalue weighted by atomic mass is 10.1. The summed E-state index contributed by atoms with van der Waals surface area (Å²) in [5, 5.41) is 8.36. The molecule has 1 unspecified atom stereocenters. The first kappa shape index (κ1) is 15.5. The van der Waals surface area contributed by atoms with Gasteiger partial charge < -0.3 is 9.47 Å². The van der Waals surface area contributed by atoms with Crippen LogP contribution in [0.5, 0.6) is 0 Å². The summed E-state index contributed by atoms with van der Waals surface area (Å²) >= 11 is 0. The molecule has 1 saturated heterocycles. The van der Waals surface area contributed by atoms with E-state index in [-0.39, 0.29) is 0 Å². The van der Waals surface area contributed by atoms with E-state index in [1.807, 2.05) is 6.33 Å². The Labute approximate surface area is 133 Å². The fourth-order valence-electron chi connectivity index (χ4n) is 3.43. The number of aromatic nitrogens is 3. The zero-order chi connectivity index (χ0) is 15.5. The van der Waals surface area contributed by atoms with Crippen LogP contribution in [0.25, 0.3) is 0 Å². The minimum absolute atomic E-state index is 0.331. The quantitative estimate of drug-likeness (QED) is 0.778. The normalized spacial score (nSPS) is 21.8. The first-order chi connectivity index (χ1) is 10.6. The maximum absolute atomic E-state index is 12.3. The van der Waals surface area contributed by atoms with Crippen LogP contribution in [0.2, 0.25) is 0 Å². The minimum atomic E-state index is 0.331. The molecule has 2 heterocycles. The van der Waals surface area contributed by atoms with Gasteiger partial charge in [0, 0.05) is 32.0 Å². The minimum Gasteiger partial charge on any atom is -0.340 e. The largest absolute Gasteiger partial charge is 0.340 e. The highest BCUT2D eigenvalue weighted by Crippen LogP contribution is 2.31. The molecule has 5 nitrogen and oxygen atoms in total. The third kappa shape index (κ3) is 3.87. The van der Waals surface area contributed by atoms with E-state index < -0.39 is 0 Å². The topological polar surface area (TPSA) is 51.0 Å². The van der Waals surface area contributed by atoms with Gasteiger partial charge in [-0.25, -0.2) is 0 Å². The molecular formula is C17H28N4O. The zero-order valence-electron chi connectivity index (χ0n) is 13.9. The first-order valence-electron chi connectivity index (χ1n) is 8.79.